The summed E-state index contributed by atoms with van der Waals surface area (Å²) in [5.41, 5.74) is 6.84. The molecule has 0 aliphatic heterocycles. The van der Waals surface area contributed by atoms with Gasteiger partial charge in [0.25, 0.3) is 0 Å². The largest absolute Gasteiger partial charge is 0.344 e. The van der Waals surface area contributed by atoms with Crippen molar-refractivity contribution < 1.29 is 0 Å². The Bertz CT molecular complexity index is 594. The molecule has 0 aliphatic rings. The van der Waals surface area contributed by atoms with Crippen LogP contribution in [-0.4, -0.2) is 11.1 Å². The Balaban J connectivity index is 2.11. The molecule has 1 heterocycles. The Morgan fingerprint density at radius 1 is 1.10 bits per heavy atom. The normalized spacial score (nSPS) is 11.3. The summed E-state index contributed by atoms with van der Waals surface area (Å²) in [5, 5.41) is 3.54. The van der Waals surface area contributed by atoms with Crippen LogP contribution < -0.4 is 5.32 Å². The predicted octanol–water partition coefficient (Wildman–Crippen LogP) is 4.21. The topological polar surface area (TPSA) is 17.0 Å². The van der Waals surface area contributed by atoms with Gasteiger partial charge in [0.05, 0.1) is 0 Å². The van der Waals surface area contributed by atoms with Crippen LogP contribution in [0, 0.1) is 26.7 Å². The van der Waals surface area contributed by atoms with E-state index in [0.717, 1.165) is 19.6 Å². The lowest BCUT2D eigenvalue weighted by Gasteiger charge is -2.11. The Hall–Kier alpha value is -1.54. The molecule has 2 nitrogen and oxygen atoms in total. The molecule has 0 aliphatic carbocycles. The number of hydrogen-bond donors (Lipinski definition) is 1. The first kappa shape index (κ1) is 15.8. The molecule has 0 fully saturated rings. The van der Waals surface area contributed by atoms with E-state index in [4.69, 9.17) is 0 Å². The van der Waals surface area contributed by atoms with Crippen LogP contribution in [0.4, 0.5) is 0 Å². The van der Waals surface area contributed by atoms with Crippen LogP contribution in [0.3, 0.4) is 0 Å². The quantitative estimate of drug-likeness (QED) is 0.841. The van der Waals surface area contributed by atoms with Gasteiger partial charge in [-0.1, -0.05) is 43.7 Å². The molecule has 114 valence electrons. The summed E-state index contributed by atoms with van der Waals surface area (Å²) in [4.78, 5) is 0. The van der Waals surface area contributed by atoms with Crippen LogP contribution in [0.1, 0.15) is 41.9 Å². The smallest absolute Gasteiger partial charge is 0.0475 e. The van der Waals surface area contributed by atoms with Crippen molar-refractivity contribution in [1.29, 1.82) is 0 Å². The standard InChI is InChI=1S/C19H28N2/c1-14(2)11-20-12-19-10-16(4)21(17(19)5)13-18-8-6-7-15(3)9-18/h6-10,14,20H,11-13H2,1-5H3. The Kier molecular flexibility index (Phi) is 5.24. The summed E-state index contributed by atoms with van der Waals surface area (Å²) in [6.45, 7) is 14.1. The Morgan fingerprint density at radius 3 is 2.52 bits per heavy atom. The van der Waals surface area contributed by atoms with Crippen molar-refractivity contribution in [2.75, 3.05) is 6.54 Å². The van der Waals surface area contributed by atoms with Crippen LogP contribution in [0.2, 0.25) is 0 Å². The second kappa shape index (κ2) is 6.95. The number of nitrogens with zero attached hydrogens (tertiary/aromatic N) is 1. The van der Waals surface area contributed by atoms with E-state index in [1.807, 2.05) is 0 Å². The lowest BCUT2D eigenvalue weighted by molar-refractivity contribution is 0.551. The molecule has 0 amide bonds. The van der Waals surface area contributed by atoms with Gasteiger partial charge < -0.3 is 9.88 Å². The summed E-state index contributed by atoms with van der Waals surface area (Å²) in [6, 6.07) is 11.1. The summed E-state index contributed by atoms with van der Waals surface area (Å²) in [5.74, 6) is 0.695. The van der Waals surface area contributed by atoms with Crippen molar-refractivity contribution in [2.45, 2.75) is 47.7 Å². The highest BCUT2D eigenvalue weighted by atomic mass is 15.0. The molecular weight excluding hydrogens is 256 g/mol. The van der Waals surface area contributed by atoms with Gasteiger partial charge >= 0.3 is 0 Å². The van der Waals surface area contributed by atoms with E-state index < -0.39 is 0 Å². The number of hydrogen-bond acceptors (Lipinski definition) is 1. The zero-order valence-corrected chi connectivity index (χ0v) is 14.0. The molecule has 0 saturated heterocycles. The van der Waals surface area contributed by atoms with Gasteiger partial charge in [-0.2, -0.15) is 0 Å². The summed E-state index contributed by atoms with van der Waals surface area (Å²) in [6.07, 6.45) is 0. The third-order valence-corrected chi connectivity index (χ3v) is 3.97. The zero-order valence-electron chi connectivity index (χ0n) is 14.0. The van der Waals surface area contributed by atoms with Crippen molar-refractivity contribution >= 4 is 0 Å². The molecule has 0 saturated carbocycles. The lowest BCUT2D eigenvalue weighted by Crippen LogP contribution is -2.19. The first-order chi connectivity index (χ1) is 9.97. The van der Waals surface area contributed by atoms with E-state index in [2.05, 4.69) is 74.8 Å². The van der Waals surface area contributed by atoms with Gasteiger partial charge in [-0.3, -0.25) is 0 Å². The Labute approximate surface area is 129 Å². The molecule has 0 unspecified atom stereocenters. The number of benzene rings is 1. The maximum Gasteiger partial charge on any atom is 0.0475 e. The highest BCUT2D eigenvalue weighted by molar-refractivity contribution is 5.29. The van der Waals surface area contributed by atoms with E-state index in [9.17, 15) is 0 Å². The molecule has 0 spiro atoms. The third kappa shape index (κ3) is 4.21. The van der Waals surface area contributed by atoms with Crippen molar-refractivity contribution in [3.05, 3.63) is 58.4 Å². The first-order valence-corrected chi connectivity index (χ1v) is 7.89. The molecule has 0 bridgehead atoms. The van der Waals surface area contributed by atoms with Crippen LogP contribution in [0.25, 0.3) is 0 Å². The second-order valence-electron chi connectivity index (χ2n) is 6.50. The second-order valence-corrected chi connectivity index (χ2v) is 6.50. The molecule has 2 heteroatoms. The highest BCUT2D eigenvalue weighted by Crippen LogP contribution is 2.17. The molecule has 21 heavy (non-hydrogen) atoms. The summed E-state index contributed by atoms with van der Waals surface area (Å²) < 4.78 is 2.42. The van der Waals surface area contributed by atoms with E-state index in [1.165, 1.54) is 28.1 Å². The predicted molar refractivity (Wildman–Crippen MR) is 90.7 cm³/mol. The molecule has 2 aromatic rings. The van der Waals surface area contributed by atoms with Crippen molar-refractivity contribution in [3.8, 4) is 0 Å². The molecule has 0 atom stereocenters. The Morgan fingerprint density at radius 2 is 1.86 bits per heavy atom. The molecule has 1 aromatic heterocycles. The van der Waals surface area contributed by atoms with Gasteiger partial charge in [0, 0.05) is 24.5 Å². The average molecular weight is 284 g/mol. The van der Waals surface area contributed by atoms with Crippen LogP contribution in [0.5, 0.6) is 0 Å². The van der Waals surface area contributed by atoms with Crippen LogP contribution in [0.15, 0.2) is 30.3 Å². The summed E-state index contributed by atoms with van der Waals surface area (Å²) >= 11 is 0. The van der Waals surface area contributed by atoms with E-state index >= 15 is 0 Å². The van der Waals surface area contributed by atoms with Crippen LogP contribution >= 0.6 is 0 Å². The fraction of sp³-hybridized carbons (Fsp3) is 0.474. The van der Waals surface area contributed by atoms with E-state index in [-0.39, 0.29) is 0 Å². The molecular formula is C19H28N2. The minimum Gasteiger partial charge on any atom is -0.344 e. The van der Waals surface area contributed by atoms with Crippen molar-refractivity contribution in [1.82, 2.24) is 9.88 Å². The SMILES string of the molecule is Cc1cccc(Cn2c(C)cc(CNCC(C)C)c2C)c1. The molecule has 1 N–H and O–H groups in total. The van der Waals surface area contributed by atoms with Gasteiger partial charge in [-0.05, 0) is 50.4 Å². The average Bonchev–Trinajstić information content (AvgIpc) is 2.66. The van der Waals surface area contributed by atoms with Gasteiger partial charge in [-0.15, -0.1) is 0 Å². The zero-order chi connectivity index (χ0) is 15.4. The first-order valence-electron chi connectivity index (χ1n) is 7.89. The fourth-order valence-electron chi connectivity index (χ4n) is 2.78. The maximum absolute atomic E-state index is 3.54. The summed E-state index contributed by atoms with van der Waals surface area (Å²) in [7, 11) is 0. The fourth-order valence-corrected chi connectivity index (χ4v) is 2.78. The van der Waals surface area contributed by atoms with Crippen molar-refractivity contribution in [2.24, 2.45) is 5.92 Å². The monoisotopic (exact) mass is 284 g/mol. The molecule has 2 rings (SSSR count). The lowest BCUT2D eigenvalue weighted by atomic mass is 10.1. The van der Waals surface area contributed by atoms with Gasteiger partial charge in [0.15, 0.2) is 0 Å². The van der Waals surface area contributed by atoms with Gasteiger partial charge in [0.1, 0.15) is 0 Å². The molecule has 1 aromatic carbocycles. The van der Waals surface area contributed by atoms with E-state index in [1.54, 1.807) is 0 Å². The number of nitrogens with one attached hydrogen (secondary N) is 1. The van der Waals surface area contributed by atoms with Gasteiger partial charge in [-0.25, -0.2) is 0 Å². The maximum atomic E-state index is 3.54. The van der Waals surface area contributed by atoms with Crippen LogP contribution in [-0.2, 0) is 13.1 Å². The van der Waals surface area contributed by atoms with Gasteiger partial charge in [0.2, 0.25) is 0 Å². The highest BCUT2D eigenvalue weighted by Gasteiger charge is 2.09. The minimum atomic E-state index is 0.695. The number of rotatable bonds is 6. The third-order valence-electron chi connectivity index (χ3n) is 3.97. The number of aryl methyl sites for hydroxylation is 2. The number of aromatic nitrogens is 1. The van der Waals surface area contributed by atoms with E-state index in [0.29, 0.717) is 5.92 Å². The van der Waals surface area contributed by atoms with Crippen molar-refractivity contribution in [3.63, 3.8) is 0 Å². The minimum absolute atomic E-state index is 0.695. The molecule has 0 radical (unpaired) electrons.